The maximum absolute atomic E-state index is 5.24. The van der Waals surface area contributed by atoms with E-state index in [4.69, 9.17) is 9.97 Å². The van der Waals surface area contributed by atoms with E-state index in [2.05, 4.69) is 141 Å². The van der Waals surface area contributed by atoms with Gasteiger partial charge in [0.1, 0.15) is 0 Å². The number of hydrogen-bond donors (Lipinski definition) is 0. The van der Waals surface area contributed by atoms with Gasteiger partial charge in [0.25, 0.3) is 0 Å². The molecule has 1 heterocycles. The topological polar surface area (TPSA) is 25.8 Å². The second kappa shape index (κ2) is 9.70. The largest absolute Gasteiger partial charge is 0.228 e. The Labute approximate surface area is 262 Å². The highest BCUT2D eigenvalue weighted by molar-refractivity contribution is 6.25. The van der Waals surface area contributed by atoms with Crippen molar-refractivity contribution in [2.75, 3.05) is 0 Å². The van der Waals surface area contributed by atoms with Crippen molar-refractivity contribution in [1.29, 1.82) is 0 Å². The highest BCUT2D eigenvalue weighted by Gasteiger charge is 2.40. The Morgan fingerprint density at radius 3 is 1.53 bits per heavy atom. The van der Waals surface area contributed by atoms with E-state index in [1.54, 1.807) is 0 Å². The Kier molecular flexibility index (Phi) is 5.58. The third-order valence-corrected chi connectivity index (χ3v) is 9.64. The summed E-state index contributed by atoms with van der Waals surface area (Å²) in [6.07, 6.45) is 0. The lowest BCUT2D eigenvalue weighted by molar-refractivity contribution is 0.658. The van der Waals surface area contributed by atoms with Crippen LogP contribution in [-0.4, -0.2) is 9.97 Å². The fourth-order valence-electron chi connectivity index (χ4n) is 7.44. The summed E-state index contributed by atoms with van der Waals surface area (Å²) in [5.41, 5.74) is 10.00. The van der Waals surface area contributed by atoms with Crippen molar-refractivity contribution in [1.82, 2.24) is 9.97 Å². The van der Waals surface area contributed by atoms with E-state index < -0.39 is 0 Å². The maximum Gasteiger partial charge on any atom is 0.160 e. The predicted molar refractivity (Wildman–Crippen MR) is 188 cm³/mol. The van der Waals surface area contributed by atoms with Gasteiger partial charge in [0.2, 0.25) is 0 Å². The van der Waals surface area contributed by atoms with Crippen molar-refractivity contribution in [3.63, 3.8) is 0 Å². The van der Waals surface area contributed by atoms with Gasteiger partial charge in [-0.2, -0.15) is 0 Å². The third-order valence-electron chi connectivity index (χ3n) is 9.64. The van der Waals surface area contributed by atoms with E-state index in [-0.39, 0.29) is 5.41 Å². The molecule has 2 heteroatoms. The van der Waals surface area contributed by atoms with Gasteiger partial charge >= 0.3 is 0 Å². The van der Waals surface area contributed by atoms with Crippen LogP contribution in [0.5, 0.6) is 0 Å². The molecule has 0 unspecified atom stereocenters. The molecule has 0 aliphatic heterocycles. The molecule has 0 atom stereocenters. The molecule has 1 aliphatic rings. The predicted octanol–water partition coefficient (Wildman–Crippen LogP) is 11.2. The monoisotopic (exact) mass is 574 g/mol. The summed E-state index contributed by atoms with van der Waals surface area (Å²) in [6.45, 7) is 4.64. The van der Waals surface area contributed by atoms with Crippen LogP contribution in [0.2, 0.25) is 0 Å². The minimum Gasteiger partial charge on any atom is -0.228 e. The zero-order valence-electron chi connectivity index (χ0n) is 25.3. The van der Waals surface area contributed by atoms with Crippen molar-refractivity contribution in [2.24, 2.45) is 0 Å². The van der Waals surface area contributed by atoms with Gasteiger partial charge in [-0.1, -0.05) is 147 Å². The lowest BCUT2D eigenvalue weighted by Crippen LogP contribution is -2.17. The van der Waals surface area contributed by atoms with Gasteiger partial charge in [0.05, 0.1) is 11.4 Å². The molecular weight excluding hydrogens is 544 g/mol. The van der Waals surface area contributed by atoms with Crippen LogP contribution in [0.25, 0.3) is 77.3 Å². The molecule has 0 N–H and O–H groups in total. The molecule has 9 rings (SSSR count). The summed E-state index contributed by atoms with van der Waals surface area (Å²) < 4.78 is 0. The van der Waals surface area contributed by atoms with Crippen molar-refractivity contribution in [3.05, 3.63) is 157 Å². The minimum absolute atomic E-state index is 0.277. The van der Waals surface area contributed by atoms with Crippen LogP contribution < -0.4 is 0 Å². The van der Waals surface area contributed by atoms with Crippen LogP contribution in [0.4, 0.5) is 0 Å². The fraction of sp³-hybridized carbons (Fsp3) is 0.0698. The Balaban J connectivity index is 1.25. The number of rotatable bonds is 3. The van der Waals surface area contributed by atoms with Gasteiger partial charge < -0.3 is 0 Å². The maximum atomic E-state index is 5.24. The summed E-state index contributed by atoms with van der Waals surface area (Å²) in [4.78, 5) is 10.5. The van der Waals surface area contributed by atoms with Gasteiger partial charge in [-0.3, -0.25) is 0 Å². The Hall–Kier alpha value is -5.60. The molecule has 7 aromatic carbocycles. The van der Waals surface area contributed by atoms with E-state index in [0.29, 0.717) is 0 Å². The van der Waals surface area contributed by atoms with Crippen LogP contribution in [0, 0.1) is 0 Å². The Bertz CT molecular complexity index is 2410. The molecule has 0 amide bonds. The highest BCUT2D eigenvalue weighted by atomic mass is 14.9. The summed E-state index contributed by atoms with van der Waals surface area (Å²) in [5.74, 6) is 0.759. The first-order chi connectivity index (χ1) is 22.1. The summed E-state index contributed by atoms with van der Waals surface area (Å²) in [7, 11) is 0. The second-order valence-corrected chi connectivity index (χ2v) is 12.6. The van der Waals surface area contributed by atoms with E-state index in [1.165, 1.54) is 60.1 Å². The quantitative estimate of drug-likeness (QED) is 0.196. The molecule has 45 heavy (non-hydrogen) atoms. The molecule has 1 aromatic heterocycles. The lowest BCUT2D eigenvalue weighted by atomic mass is 9.80. The molecule has 0 bridgehead atoms. The normalized spacial score (nSPS) is 13.3. The van der Waals surface area contributed by atoms with Crippen LogP contribution in [0.15, 0.2) is 146 Å². The number of aromatic nitrogens is 2. The summed E-state index contributed by atoms with van der Waals surface area (Å²) in [6, 6.07) is 52.3. The average Bonchev–Trinajstić information content (AvgIpc) is 3.34. The molecular formula is C43H30N2. The molecule has 0 radical (unpaired) electrons. The van der Waals surface area contributed by atoms with E-state index in [9.17, 15) is 0 Å². The van der Waals surface area contributed by atoms with Gasteiger partial charge in [0.15, 0.2) is 5.82 Å². The first-order valence-corrected chi connectivity index (χ1v) is 15.6. The zero-order valence-corrected chi connectivity index (χ0v) is 25.3. The van der Waals surface area contributed by atoms with Crippen molar-refractivity contribution < 1.29 is 0 Å². The third kappa shape index (κ3) is 3.89. The van der Waals surface area contributed by atoms with Crippen LogP contribution >= 0.6 is 0 Å². The number of benzene rings is 7. The van der Waals surface area contributed by atoms with Crippen molar-refractivity contribution in [3.8, 4) is 45.0 Å². The van der Waals surface area contributed by atoms with Gasteiger partial charge in [-0.15, -0.1) is 0 Å². The van der Waals surface area contributed by atoms with Gasteiger partial charge in [-0.25, -0.2) is 9.97 Å². The highest BCUT2D eigenvalue weighted by Crippen LogP contribution is 2.52. The van der Waals surface area contributed by atoms with E-state index >= 15 is 0 Å². The SMILES string of the molecule is CC1(C)c2cc(-c3ccc4c5ccccc5c5ccccc5c4c3)ccc2-c2nc(-c3ccccc3)nc(-c3ccccc3)c21. The molecule has 0 spiro atoms. The van der Waals surface area contributed by atoms with Gasteiger partial charge in [-0.05, 0) is 61.1 Å². The molecule has 0 saturated heterocycles. The van der Waals surface area contributed by atoms with Crippen molar-refractivity contribution >= 4 is 32.3 Å². The first kappa shape index (κ1) is 25.9. The lowest BCUT2D eigenvalue weighted by Gasteiger charge is -2.24. The van der Waals surface area contributed by atoms with Crippen molar-refractivity contribution in [2.45, 2.75) is 19.3 Å². The second-order valence-electron chi connectivity index (χ2n) is 12.6. The summed E-state index contributed by atoms with van der Waals surface area (Å²) in [5, 5.41) is 7.76. The minimum atomic E-state index is -0.277. The zero-order chi connectivity index (χ0) is 30.1. The molecule has 0 fully saturated rings. The number of nitrogens with zero attached hydrogens (tertiary/aromatic N) is 2. The van der Waals surface area contributed by atoms with Crippen LogP contribution in [0.3, 0.4) is 0 Å². The number of hydrogen-bond acceptors (Lipinski definition) is 2. The molecule has 212 valence electrons. The van der Waals surface area contributed by atoms with Crippen LogP contribution in [0.1, 0.15) is 25.0 Å². The molecule has 2 nitrogen and oxygen atoms in total. The Morgan fingerprint density at radius 1 is 0.400 bits per heavy atom. The van der Waals surface area contributed by atoms with E-state index in [0.717, 1.165) is 28.3 Å². The van der Waals surface area contributed by atoms with E-state index in [1.807, 2.05) is 18.2 Å². The summed E-state index contributed by atoms with van der Waals surface area (Å²) >= 11 is 0. The first-order valence-electron chi connectivity index (χ1n) is 15.6. The Morgan fingerprint density at radius 2 is 0.889 bits per heavy atom. The van der Waals surface area contributed by atoms with Crippen LogP contribution in [-0.2, 0) is 5.41 Å². The number of fused-ring (bicyclic) bond motifs is 9. The molecule has 0 saturated carbocycles. The smallest absolute Gasteiger partial charge is 0.160 e. The standard InChI is InChI=1S/C43H30N2/c1-43(2)38-26-30(29-21-23-35-33-19-10-9-17-31(33)32-18-11-12-20-34(32)37(35)25-29)22-24-36(38)41-39(43)40(27-13-5-3-6-14-27)44-42(45-41)28-15-7-4-8-16-28/h3-26H,1-2H3. The molecule has 8 aromatic rings. The fourth-order valence-corrected chi connectivity index (χ4v) is 7.44. The molecule has 1 aliphatic carbocycles. The van der Waals surface area contributed by atoms with Gasteiger partial charge in [0, 0.05) is 27.7 Å². The average molecular weight is 575 g/mol.